The van der Waals surface area contributed by atoms with Crippen LogP contribution in [0.3, 0.4) is 0 Å². The van der Waals surface area contributed by atoms with Crippen molar-refractivity contribution < 1.29 is 4.11 Å². The van der Waals surface area contributed by atoms with Gasteiger partial charge in [-0.2, -0.15) is 0 Å². The Kier molecular flexibility index (Phi) is 0.997. The molecule has 0 radical (unpaired) electrons. The number of H-pyrrole nitrogens is 2. The quantitative estimate of drug-likeness (QED) is 0.579. The zero-order valence-electron chi connectivity index (χ0n) is 9.55. The van der Waals surface area contributed by atoms with Crippen molar-refractivity contribution >= 4 is 11.0 Å². The van der Waals surface area contributed by atoms with Gasteiger partial charge in [0.05, 0.1) is 11.0 Å². The second-order valence-electron chi connectivity index (χ2n) is 2.67. The first-order valence-corrected chi connectivity index (χ1v) is 3.65. The number of aromatic nitrogens is 2. The van der Waals surface area contributed by atoms with E-state index < -0.39 is 18.0 Å². The molecule has 4 nitrogen and oxygen atoms in total. The minimum absolute atomic E-state index is 0.114. The normalized spacial score (nSPS) is 14.9. The van der Waals surface area contributed by atoms with Crippen LogP contribution in [0.5, 0.6) is 0 Å². The summed E-state index contributed by atoms with van der Waals surface area (Å²) in [7, 11) is 0. The van der Waals surface area contributed by atoms with Crippen molar-refractivity contribution in [1.29, 1.82) is 0 Å². The summed E-state index contributed by atoms with van der Waals surface area (Å²) in [5.74, 6) is 0. The zero-order valence-corrected chi connectivity index (χ0v) is 6.55. The van der Waals surface area contributed by atoms with Crippen molar-refractivity contribution in [2.75, 3.05) is 0 Å². The predicted molar refractivity (Wildman–Crippen MR) is 49.9 cm³/mol. The first-order chi connectivity index (χ1) is 7.38. The molecule has 66 valence electrons. The number of fused-ring (bicyclic) bond motifs is 1. The minimum atomic E-state index is -2.23. The van der Waals surface area contributed by atoms with Gasteiger partial charge >= 0.3 is 11.1 Å². The van der Waals surface area contributed by atoms with Gasteiger partial charge in [-0.1, -0.05) is 6.07 Å². The van der Waals surface area contributed by atoms with Crippen molar-refractivity contribution in [2.45, 2.75) is 6.85 Å². The molecule has 0 aliphatic heterocycles. The highest BCUT2D eigenvalue weighted by atomic mass is 16.2. The Morgan fingerprint density at radius 3 is 2.54 bits per heavy atom. The van der Waals surface area contributed by atoms with Crippen LogP contribution in [0, 0.1) is 6.85 Å². The molecule has 0 saturated heterocycles. The van der Waals surface area contributed by atoms with Crippen LogP contribution in [0.15, 0.2) is 27.8 Å². The third-order valence-corrected chi connectivity index (χ3v) is 1.72. The number of benzene rings is 1. The fourth-order valence-corrected chi connectivity index (χ4v) is 1.11. The number of nitrogens with one attached hydrogen (secondary N) is 2. The highest BCUT2D eigenvalue weighted by Gasteiger charge is 1.97. The average Bonchev–Trinajstić information content (AvgIpc) is 2.17. The molecule has 2 aromatic rings. The van der Waals surface area contributed by atoms with Crippen molar-refractivity contribution in [3.05, 3.63) is 44.5 Å². The van der Waals surface area contributed by atoms with Gasteiger partial charge in [0.15, 0.2) is 0 Å². The topological polar surface area (TPSA) is 65.7 Å². The first-order valence-electron chi connectivity index (χ1n) is 5.15. The van der Waals surface area contributed by atoms with Crippen molar-refractivity contribution in [2.24, 2.45) is 0 Å². The average molecular weight is 179 g/mol. The van der Waals surface area contributed by atoms with Crippen LogP contribution in [0.1, 0.15) is 9.68 Å². The van der Waals surface area contributed by atoms with Gasteiger partial charge in [0.1, 0.15) is 0 Å². The van der Waals surface area contributed by atoms with E-state index >= 15 is 0 Å². The molecule has 0 amide bonds. The lowest BCUT2D eigenvalue weighted by molar-refractivity contribution is 1.14. The van der Waals surface area contributed by atoms with E-state index in [1.165, 1.54) is 18.2 Å². The van der Waals surface area contributed by atoms with Crippen LogP contribution >= 0.6 is 0 Å². The molecule has 1 aromatic heterocycles. The lowest BCUT2D eigenvalue weighted by Gasteiger charge is -1.97. The molecule has 4 heteroatoms. The second-order valence-corrected chi connectivity index (χ2v) is 2.67. The predicted octanol–water partition coefficient (Wildman–Crippen LogP) is 0.525. The number of hydrogen-bond donors (Lipinski definition) is 2. The van der Waals surface area contributed by atoms with Crippen molar-refractivity contribution in [1.82, 2.24) is 9.97 Å². The van der Waals surface area contributed by atoms with Crippen LogP contribution in [-0.2, 0) is 0 Å². The van der Waals surface area contributed by atoms with Gasteiger partial charge in [-0.25, -0.2) is 0 Å². The Morgan fingerprint density at radius 2 is 1.85 bits per heavy atom. The molecule has 0 aliphatic carbocycles. The SMILES string of the molecule is [2H]C([2H])([2H])c1ccc2[nH]c(=O)c(=O)[nH]c2c1. The first kappa shape index (κ1) is 5.01. The van der Waals surface area contributed by atoms with Gasteiger partial charge in [-0.3, -0.25) is 9.59 Å². The van der Waals surface area contributed by atoms with Gasteiger partial charge in [0.25, 0.3) is 0 Å². The number of aromatic amines is 2. The van der Waals surface area contributed by atoms with Gasteiger partial charge in [0.2, 0.25) is 0 Å². The van der Waals surface area contributed by atoms with Crippen molar-refractivity contribution in [3.8, 4) is 0 Å². The van der Waals surface area contributed by atoms with Crippen LogP contribution in [0.4, 0.5) is 0 Å². The maximum absolute atomic E-state index is 11.1. The maximum atomic E-state index is 11.1. The molecule has 2 rings (SSSR count). The number of rotatable bonds is 0. The third kappa shape index (κ3) is 1.26. The van der Waals surface area contributed by atoms with E-state index in [0.717, 1.165) is 0 Å². The smallest absolute Gasteiger partial charge is 0.314 e. The molecule has 13 heavy (non-hydrogen) atoms. The van der Waals surface area contributed by atoms with Gasteiger partial charge < -0.3 is 9.97 Å². The highest BCUT2D eigenvalue weighted by Crippen LogP contribution is 2.07. The Bertz CT molecular complexity index is 654. The van der Waals surface area contributed by atoms with E-state index in [9.17, 15) is 9.59 Å². The highest BCUT2D eigenvalue weighted by molar-refractivity contribution is 5.74. The van der Waals surface area contributed by atoms with Crippen molar-refractivity contribution in [3.63, 3.8) is 0 Å². The molecular formula is C9H8N2O2. The number of aryl methyl sites for hydroxylation is 1. The molecule has 1 aromatic carbocycles. The van der Waals surface area contributed by atoms with E-state index in [2.05, 4.69) is 9.97 Å². The molecule has 0 spiro atoms. The van der Waals surface area contributed by atoms with Gasteiger partial charge in [-0.15, -0.1) is 0 Å². The molecule has 1 heterocycles. The summed E-state index contributed by atoms with van der Waals surface area (Å²) in [6.45, 7) is -2.23. The molecule has 0 aliphatic rings. The van der Waals surface area contributed by atoms with Crippen LogP contribution in [0.25, 0.3) is 11.0 Å². The minimum Gasteiger partial charge on any atom is -0.316 e. The van der Waals surface area contributed by atoms with E-state index in [-0.39, 0.29) is 5.56 Å². The van der Waals surface area contributed by atoms with Gasteiger partial charge in [0, 0.05) is 4.11 Å². The Hall–Kier alpha value is -1.84. The molecule has 2 N–H and O–H groups in total. The lowest BCUT2D eigenvalue weighted by atomic mass is 10.2. The number of hydrogen-bond acceptors (Lipinski definition) is 2. The molecule has 0 bridgehead atoms. The van der Waals surface area contributed by atoms with Crippen LogP contribution in [-0.4, -0.2) is 9.97 Å². The summed E-state index contributed by atoms with van der Waals surface area (Å²) in [5, 5.41) is 0. The van der Waals surface area contributed by atoms with E-state index in [1.807, 2.05) is 0 Å². The molecule has 0 fully saturated rings. The maximum Gasteiger partial charge on any atom is 0.314 e. The Labute approximate surface area is 77.5 Å². The standard InChI is InChI=1S/C9H8N2O2/c1-5-2-3-6-7(4-5)11-9(13)8(12)10-6/h2-4H,1H3,(H,10,12)(H,11,13)/i1D3. The molecule has 0 atom stereocenters. The molecule has 0 unspecified atom stereocenters. The van der Waals surface area contributed by atoms with E-state index in [4.69, 9.17) is 4.11 Å². The van der Waals surface area contributed by atoms with E-state index in [0.29, 0.717) is 11.0 Å². The fourth-order valence-electron chi connectivity index (χ4n) is 1.11. The summed E-state index contributed by atoms with van der Waals surface area (Å²) in [6, 6.07) is 4.18. The molecule has 0 saturated carbocycles. The Morgan fingerprint density at radius 1 is 1.15 bits per heavy atom. The summed E-state index contributed by atoms with van der Waals surface area (Å²) in [6.07, 6.45) is 0. The summed E-state index contributed by atoms with van der Waals surface area (Å²) >= 11 is 0. The molecular weight excluding hydrogens is 168 g/mol. The largest absolute Gasteiger partial charge is 0.316 e. The second kappa shape index (κ2) is 2.58. The van der Waals surface area contributed by atoms with Crippen LogP contribution in [0.2, 0.25) is 0 Å². The monoisotopic (exact) mass is 179 g/mol. The zero-order chi connectivity index (χ0) is 11.9. The van der Waals surface area contributed by atoms with E-state index in [1.54, 1.807) is 0 Å². The van der Waals surface area contributed by atoms with Gasteiger partial charge in [-0.05, 0) is 24.5 Å². The lowest BCUT2D eigenvalue weighted by Crippen LogP contribution is -2.28. The Balaban J connectivity index is 2.77. The third-order valence-electron chi connectivity index (χ3n) is 1.72. The fraction of sp³-hybridized carbons (Fsp3) is 0.111. The summed E-state index contributed by atoms with van der Waals surface area (Å²) < 4.78 is 21.6. The summed E-state index contributed by atoms with van der Waals surface area (Å²) in [5.41, 5.74) is -0.733. The van der Waals surface area contributed by atoms with Crippen LogP contribution < -0.4 is 11.1 Å². The summed E-state index contributed by atoms with van der Waals surface area (Å²) in [4.78, 5) is 26.7.